The molecule has 0 aliphatic carbocycles. The summed E-state index contributed by atoms with van der Waals surface area (Å²) in [6, 6.07) is 9.22. The van der Waals surface area contributed by atoms with Crippen molar-refractivity contribution in [3.05, 3.63) is 52.8 Å². The summed E-state index contributed by atoms with van der Waals surface area (Å²) in [5.74, 6) is 0.150. The molecule has 1 unspecified atom stereocenters. The van der Waals surface area contributed by atoms with Crippen LogP contribution in [0.5, 0.6) is 5.75 Å². The van der Waals surface area contributed by atoms with E-state index in [4.69, 9.17) is 18.6 Å². The summed E-state index contributed by atoms with van der Waals surface area (Å²) in [4.78, 5) is 2.04. The van der Waals surface area contributed by atoms with Crippen LogP contribution >= 0.6 is 27.2 Å². The molecular weight excluding hydrogens is 475 g/mol. The van der Waals surface area contributed by atoms with Crippen LogP contribution in [0.2, 0.25) is 0 Å². The number of phenols is 1. The molecule has 0 aliphatic rings. The summed E-state index contributed by atoms with van der Waals surface area (Å²) in [6.07, 6.45) is 0. The molecule has 7 heteroatoms. The number of rotatable bonds is 4. The fourth-order valence-electron chi connectivity index (χ4n) is 3.04. The predicted octanol–water partition coefficient (Wildman–Crippen LogP) is 6.19. The normalized spacial score (nSPS) is 12.3. The molecule has 0 spiro atoms. The zero-order chi connectivity index (χ0) is 23.3. The molecule has 2 rings (SSSR count). The van der Waals surface area contributed by atoms with Gasteiger partial charge in [0, 0.05) is 17.4 Å². The van der Waals surface area contributed by atoms with Crippen molar-refractivity contribution in [1.82, 2.24) is 4.90 Å². The van der Waals surface area contributed by atoms with Crippen LogP contribution in [0.1, 0.15) is 58.2 Å². The summed E-state index contributed by atoms with van der Waals surface area (Å²) in [6.45, 7) is 13.6. The van der Waals surface area contributed by atoms with Gasteiger partial charge in [-0.25, -0.2) is 4.39 Å². The molecule has 2 aromatic rings. The molecule has 166 valence electrons. The fourth-order valence-corrected chi connectivity index (χ4v) is 4.28. The third kappa shape index (κ3) is 8.42. The van der Waals surface area contributed by atoms with Crippen molar-refractivity contribution in [2.75, 3.05) is 14.1 Å². The minimum absolute atomic E-state index is 0.0117. The van der Waals surface area contributed by atoms with Crippen molar-refractivity contribution in [2.45, 2.75) is 58.9 Å². The van der Waals surface area contributed by atoms with Gasteiger partial charge in [-0.05, 0) is 59.6 Å². The van der Waals surface area contributed by atoms with Gasteiger partial charge in [0.1, 0.15) is 11.6 Å². The minimum atomic E-state index is -0.556. The summed E-state index contributed by atoms with van der Waals surface area (Å²) in [7, 11) is 14.0. The molecule has 1 N–H and O–H groups in total. The average molecular weight is 508 g/mol. The quantitative estimate of drug-likeness (QED) is 0.393. The van der Waals surface area contributed by atoms with Crippen molar-refractivity contribution in [1.29, 1.82) is 0 Å². The molecule has 2 nitrogen and oxygen atoms in total. The van der Waals surface area contributed by atoms with Crippen LogP contribution in [0.25, 0.3) is 0 Å². The predicted molar refractivity (Wildman–Crippen MR) is 129 cm³/mol. The number of hydrogen-bond donors (Lipinski definition) is 1. The second kappa shape index (κ2) is 11.6. The molecule has 0 heterocycles. The van der Waals surface area contributed by atoms with Crippen molar-refractivity contribution >= 4 is 37.8 Å². The first-order valence-electron chi connectivity index (χ1n) is 9.75. The fraction of sp³-hybridized carbons (Fsp3) is 0.478. The van der Waals surface area contributed by atoms with E-state index >= 15 is 0 Å². The van der Waals surface area contributed by atoms with Crippen molar-refractivity contribution < 1.29 is 26.5 Å². The first kappa shape index (κ1) is 27.9. The van der Waals surface area contributed by atoms with E-state index in [1.165, 1.54) is 11.6 Å². The van der Waals surface area contributed by atoms with Crippen LogP contribution in [-0.4, -0.2) is 24.1 Å². The Balaban J connectivity index is 0.00000141. The third-order valence-electron chi connectivity index (χ3n) is 4.61. The summed E-state index contributed by atoms with van der Waals surface area (Å²) in [5, 5.41) is 13.0. The van der Waals surface area contributed by atoms with Gasteiger partial charge in [-0.1, -0.05) is 62.3 Å². The summed E-state index contributed by atoms with van der Waals surface area (Å²) >= 11 is -0.556. The second-order valence-corrected chi connectivity index (χ2v) is 13.6. The van der Waals surface area contributed by atoms with Gasteiger partial charge in [-0.15, -0.1) is 0 Å². The van der Waals surface area contributed by atoms with Crippen molar-refractivity contribution in [3.8, 4) is 5.75 Å². The Kier molecular flexibility index (Phi) is 10.8. The van der Waals surface area contributed by atoms with Crippen LogP contribution in [0, 0.1) is 5.82 Å². The third-order valence-corrected chi connectivity index (χ3v) is 6.01. The Bertz CT molecular complexity index is 848. The maximum atomic E-state index is 13.8. The van der Waals surface area contributed by atoms with E-state index in [9.17, 15) is 9.50 Å². The van der Waals surface area contributed by atoms with Gasteiger partial charge in [0.15, 0.2) is 0 Å². The summed E-state index contributed by atoms with van der Waals surface area (Å²) in [5.41, 5.74) is 2.98. The van der Waals surface area contributed by atoms with E-state index in [2.05, 4.69) is 53.7 Å². The molecular formula is C23H33Cl2FNOPTi. The van der Waals surface area contributed by atoms with E-state index in [1.807, 2.05) is 25.1 Å². The van der Waals surface area contributed by atoms with E-state index in [1.54, 1.807) is 6.07 Å². The van der Waals surface area contributed by atoms with Crippen LogP contribution in [0.15, 0.2) is 30.3 Å². The molecule has 0 radical (unpaired) electrons. The first-order chi connectivity index (χ1) is 13.7. The van der Waals surface area contributed by atoms with Crippen LogP contribution in [-0.2, 0) is 34.4 Å². The van der Waals surface area contributed by atoms with Gasteiger partial charge in [0.25, 0.3) is 0 Å². The first-order valence-corrected chi connectivity index (χ1v) is 15.0. The van der Waals surface area contributed by atoms with E-state index in [-0.39, 0.29) is 25.2 Å². The van der Waals surface area contributed by atoms with Gasteiger partial charge in [-0.2, -0.15) is 0 Å². The van der Waals surface area contributed by atoms with Gasteiger partial charge in [0.05, 0.1) is 0 Å². The van der Waals surface area contributed by atoms with Crippen LogP contribution in [0.4, 0.5) is 4.39 Å². The van der Waals surface area contributed by atoms with Gasteiger partial charge in [-0.3, -0.25) is 0 Å². The molecule has 1 atom stereocenters. The Labute approximate surface area is 200 Å². The number of halogens is 3. The zero-order valence-corrected chi connectivity index (χ0v) is 23.2. The number of aromatic hydroxyl groups is 1. The molecule has 0 saturated carbocycles. The standard InChI is InChI=1S/C23H33FNOP.2ClH.Ti/c1-22(2,3)16-12-18(23(4,5)6)21(26)20(13-16)27-19-10-9-17(24)11-15(19)14-25(7)8;;;/h9-13,26-27H,14H2,1-8H3;2*1H;/q;;;+2/p-2. The maximum absolute atomic E-state index is 13.8. The average Bonchev–Trinajstić information content (AvgIpc) is 2.57. The van der Waals surface area contributed by atoms with Crippen molar-refractivity contribution in [3.63, 3.8) is 0 Å². The van der Waals surface area contributed by atoms with Gasteiger partial charge >= 0.3 is 35.6 Å². The molecule has 0 aromatic heterocycles. The molecule has 30 heavy (non-hydrogen) atoms. The topological polar surface area (TPSA) is 23.5 Å². The molecule has 0 aliphatic heterocycles. The monoisotopic (exact) mass is 507 g/mol. The Morgan fingerprint density at radius 1 is 0.967 bits per heavy atom. The van der Waals surface area contributed by atoms with Crippen molar-refractivity contribution in [2.24, 2.45) is 0 Å². The molecule has 2 aromatic carbocycles. The number of benzene rings is 2. The van der Waals surface area contributed by atoms with Gasteiger partial charge < -0.3 is 10.0 Å². The zero-order valence-electron chi connectivity index (χ0n) is 19.1. The Hall–Kier alpha value is -0.146. The van der Waals surface area contributed by atoms with E-state index in [0.29, 0.717) is 12.3 Å². The SMILES string of the molecule is CN(C)Cc1cc(F)ccc1Pc1cc(C(C)(C)C)cc(C(C)(C)C)c1O.[Cl][Ti][Cl]. The number of hydrogen-bond acceptors (Lipinski definition) is 2. The summed E-state index contributed by atoms with van der Waals surface area (Å²) < 4.78 is 13.8. The van der Waals surface area contributed by atoms with Gasteiger partial charge in [0.2, 0.25) is 0 Å². The molecule has 0 saturated heterocycles. The molecule has 0 fully saturated rings. The Morgan fingerprint density at radius 2 is 1.53 bits per heavy atom. The number of nitrogens with zero attached hydrogens (tertiary/aromatic N) is 1. The molecule has 0 amide bonds. The van der Waals surface area contributed by atoms with Crippen LogP contribution in [0.3, 0.4) is 0 Å². The number of phenolic OH excluding ortho intramolecular Hbond substituents is 1. The van der Waals surface area contributed by atoms with E-state index < -0.39 is 17.0 Å². The second-order valence-electron chi connectivity index (χ2n) is 9.66. The van der Waals surface area contributed by atoms with E-state index in [0.717, 1.165) is 21.7 Å². The van der Waals surface area contributed by atoms with Crippen LogP contribution < -0.4 is 10.6 Å². The Morgan fingerprint density at radius 3 is 2.00 bits per heavy atom. The molecule has 0 bridgehead atoms.